The maximum Gasteiger partial charge on any atom is 0.0356 e. The number of rotatable bonds is 1. The van der Waals surface area contributed by atoms with E-state index in [1.54, 1.807) is 0 Å². The van der Waals surface area contributed by atoms with Gasteiger partial charge in [-0.05, 0) is 49.7 Å². The summed E-state index contributed by atoms with van der Waals surface area (Å²) < 4.78 is 0. The summed E-state index contributed by atoms with van der Waals surface area (Å²) in [6.45, 7) is 4.17. The first-order valence-electron chi connectivity index (χ1n) is 8.43. The standard InChI is InChI=1S/C25H20/c1-20-10-14-22(15-11-20)6-5-9-24-7-3-4-8-25(24)19-18-23-16-12-21(2)13-17-23/h3-4,7-8,10-17H,9H2,1-2H3. The molecule has 0 nitrogen and oxygen atoms in total. The van der Waals surface area contributed by atoms with Crippen molar-refractivity contribution in [3.8, 4) is 23.7 Å². The van der Waals surface area contributed by atoms with Crippen LogP contribution in [0.2, 0.25) is 0 Å². The highest BCUT2D eigenvalue weighted by molar-refractivity contribution is 5.48. The molecule has 3 rings (SSSR count). The van der Waals surface area contributed by atoms with Gasteiger partial charge in [0.25, 0.3) is 0 Å². The molecule has 0 atom stereocenters. The maximum absolute atomic E-state index is 3.29. The van der Waals surface area contributed by atoms with Gasteiger partial charge in [-0.3, -0.25) is 0 Å². The first kappa shape index (κ1) is 16.6. The first-order chi connectivity index (χ1) is 12.2. The Morgan fingerprint density at radius 3 is 1.80 bits per heavy atom. The van der Waals surface area contributed by atoms with Crippen LogP contribution in [0.15, 0.2) is 72.8 Å². The second-order valence-electron chi connectivity index (χ2n) is 6.12. The van der Waals surface area contributed by atoms with E-state index in [0.717, 1.165) is 16.7 Å². The topological polar surface area (TPSA) is 0 Å². The minimum atomic E-state index is 0.701. The zero-order valence-electron chi connectivity index (χ0n) is 14.6. The Bertz CT molecular complexity index is 966. The highest BCUT2D eigenvalue weighted by Gasteiger charge is 1.97. The van der Waals surface area contributed by atoms with Gasteiger partial charge in [-0.25, -0.2) is 0 Å². The Balaban J connectivity index is 1.78. The van der Waals surface area contributed by atoms with Crippen molar-refractivity contribution >= 4 is 0 Å². The van der Waals surface area contributed by atoms with E-state index >= 15 is 0 Å². The fraction of sp³-hybridized carbons (Fsp3) is 0.120. The van der Waals surface area contributed by atoms with E-state index in [2.05, 4.69) is 98.2 Å². The molecule has 0 aromatic heterocycles. The lowest BCUT2D eigenvalue weighted by atomic mass is 10.0. The van der Waals surface area contributed by atoms with Crippen LogP contribution < -0.4 is 0 Å². The van der Waals surface area contributed by atoms with E-state index in [1.807, 2.05) is 12.1 Å². The van der Waals surface area contributed by atoms with Gasteiger partial charge in [0.2, 0.25) is 0 Å². The van der Waals surface area contributed by atoms with Crippen molar-refractivity contribution in [2.24, 2.45) is 0 Å². The second kappa shape index (κ2) is 8.05. The van der Waals surface area contributed by atoms with Crippen LogP contribution in [-0.4, -0.2) is 0 Å². The molecular formula is C25H20. The Morgan fingerprint density at radius 1 is 0.600 bits per heavy atom. The third-order valence-corrected chi connectivity index (χ3v) is 3.97. The molecule has 0 aliphatic heterocycles. The monoisotopic (exact) mass is 320 g/mol. The SMILES string of the molecule is Cc1ccc(C#CCc2ccccc2C#Cc2ccc(C)cc2)cc1. The molecule has 0 bridgehead atoms. The molecule has 0 fully saturated rings. The molecule has 0 heterocycles. The fourth-order valence-corrected chi connectivity index (χ4v) is 2.45. The smallest absolute Gasteiger partial charge is 0.0356 e. The summed E-state index contributed by atoms with van der Waals surface area (Å²) in [5.41, 5.74) is 6.79. The van der Waals surface area contributed by atoms with Crippen molar-refractivity contribution in [1.29, 1.82) is 0 Å². The Hall–Kier alpha value is -3.22. The molecule has 0 radical (unpaired) electrons. The number of hydrogen-bond donors (Lipinski definition) is 0. The number of hydrogen-bond acceptors (Lipinski definition) is 0. The largest absolute Gasteiger partial charge is 0.0931 e. The van der Waals surface area contributed by atoms with Gasteiger partial charge < -0.3 is 0 Å². The molecule has 0 unspecified atom stereocenters. The van der Waals surface area contributed by atoms with Crippen molar-refractivity contribution in [2.75, 3.05) is 0 Å². The van der Waals surface area contributed by atoms with Gasteiger partial charge >= 0.3 is 0 Å². The molecule has 0 aliphatic carbocycles. The molecule has 0 aliphatic rings. The summed E-state index contributed by atoms with van der Waals surface area (Å²) in [5.74, 6) is 13.0. The molecule has 0 amide bonds. The molecule has 0 saturated heterocycles. The Labute approximate surface area is 150 Å². The molecule has 0 N–H and O–H groups in total. The van der Waals surface area contributed by atoms with Gasteiger partial charge in [0.1, 0.15) is 0 Å². The van der Waals surface area contributed by atoms with Crippen LogP contribution in [0, 0.1) is 37.5 Å². The van der Waals surface area contributed by atoms with Crippen molar-refractivity contribution < 1.29 is 0 Å². The summed E-state index contributed by atoms with van der Waals surface area (Å²) in [4.78, 5) is 0. The lowest BCUT2D eigenvalue weighted by molar-refractivity contribution is 1.30. The molecular weight excluding hydrogens is 300 g/mol. The quantitative estimate of drug-likeness (QED) is 0.534. The van der Waals surface area contributed by atoms with Crippen molar-refractivity contribution in [3.63, 3.8) is 0 Å². The molecule has 25 heavy (non-hydrogen) atoms. The van der Waals surface area contributed by atoms with Crippen LogP contribution in [0.3, 0.4) is 0 Å². The van der Waals surface area contributed by atoms with E-state index in [4.69, 9.17) is 0 Å². The lowest BCUT2D eigenvalue weighted by Gasteiger charge is -1.99. The molecule has 0 saturated carbocycles. The van der Waals surface area contributed by atoms with Crippen LogP contribution in [-0.2, 0) is 6.42 Å². The van der Waals surface area contributed by atoms with Crippen molar-refractivity contribution in [2.45, 2.75) is 20.3 Å². The van der Waals surface area contributed by atoms with Crippen LogP contribution in [0.25, 0.3) is 0 Å². The van der Waals surface area contributed by atoms with Crippen molar-refractivity contribution in [1.82, 2.24) is 0 Å². The zero-order chi connectivity index (χ0) is 17.5. The highest BCUT2D eigenvalue weighted by atomic mass is 14.0. The van der Waals surface area contributed by atoms with Gasteiger partial charge in [0.05, 0.1) is 0 Å². The van der Waals surface area contributed by atoms with E-state index < -0.39 is 0 Å². The summed E-state index contributed by atoms with van der Waals surface area (Å²) in [6, 6.07) is 24.8. The van der Waals surface area contributed by atoms with E-state index in [0.29, 0.717) is 6.42 Å². The summed E-state index contributed by atoms with van der Waals surface area (Å²) in [7, 11) is 0. The van der Waals surface area contributed by atoms with Crippen LogP contribution in [0.1, 0.15) is 33.4 Å². The molecule has 0 spiro atoms. The van der Waals surface area contributed by atoms with Gasteiger partial charge in [-0.1, -0.05) is 77.3 Å². The van der Waals surface area contributed by atoms with Gasteiger partial charge in [0, 0.05) is 23.1 Å². The predicted octanol–water partition coefficient (Wildman–Crippen LogP) is 5.30. The van der Waals surface area contributed by atoms with Crippen LogP contribution in [0.4, 0.5) is 0 Å². The van der Waals surface area contributed by atoms with Gasteiger partial charge in [-0.15, -0.1) is 0 Å². The first-order valence-corrected chi connectivity index (χ1v) is 8.43. The minimum Gasteiger partial charge on any atom is -0.0931 e. The van der Waals surface area contributed by atoms with E-state index in [1.165, 1.54) is 16.7 Å². The van der Waals surface area contributed by atoms with Crippen LogP contribution in [0.5, 0.6) is 0 Å². The van der Waals surface area contributed by atoms with Crippen LogP contribution >= 0.6 is 0 Å². The fourth-order valence-electron chi connectivity index (χ4n) is 2.45. The van der Waals surface area contributed by atoms with Gasteiger partial charge in [-0.2, -0.15) is 0 Å². The minimum absolute atomic E-state index is 0.701. The van der Waals surface area contributed by atoms with Gasteiger partial charge in [0.15, 0.2) is 0 Å². The average molecular weight is 320 g/mol. The predicted molar refractivity (Wildman–Crippen MR) is 105 cm³/mol. The third kappa shape index (κ3) is 4.87. The normalized spacial score (nSPS) is 9.52. The highest BCUT2D eigenvalue weighted by Crippen LogP contribution is 2.09. The zero-order valence-corrected chi connectivity index (χ0v) is 14.6. The summed E-state index contributed by atoms with van der Waals surface area (Å²) in [6.07, 6.45) is 0.701. The Morgan fingerprint density at radius 2 is 1.16 bits per heavy atom. The van der Waals surface area contributed by atoms with E-state index in [-0.39, 0.29) is 0 Å². The molecule has 120 valence electrons. The maximum atomic E-state index is 3.29. The average Bonchev–Trinajstić information content (AvgIpc) is 2.64. The van der Waals surface area contributed by atoms with E-state index in [9.17, 15) is 0 Å². The number of benzene rings is 3. The molecule has 3 aromatic rings. The number of aryl methyl sites for hydroxylation is 2. The second-order valence-corrected chi connectivity index (χ2v) is 6.12. The third-order valence-electron chi connectivity index (χ3n) is 3.97. The lowest BCUT2D eigenvalue weighted by Crippen LogP contribution is -1.88. The Kier molecular flexibility index (Phi) is 5.36. The van der Waals surface area contributed by atoms with Crippen molar-refractivity contribution in [3.05, 3.63) is 106 Å². The summed E-state index contributed by atoms with van der Waals surface area (Å²) >= 11 is 0. The molecule has 0 heteroatoms. The molecule has 3 aromatic carbocycles. The summed E-state index contributed by atoms with van der Waals surface area (Å²) in [5, 5.41) is 0.